The minimum Gasteiger partial charge on any atom is -0.480 e. The average molecular weight is 460 g/mol. The van der Waals surface area contributed by atoms with Crippen LogP contribution in [0, 0.1) is 0 Å². The van der Waals surface area contributed by atoms with E-state index < -0.39 is 45.6 Å². The Morgan fingerprint density at radius 1 is 1.10 bits per heavy atom. The van der Waals surface area contributed by atoms with Crippen LogP contribution in [0.3, 0.4) is 0 Å². The van der Waals surface area contributed by atoms with E-state index in [1.54, 1.807) is 30.3 Å². The van der Waals surface area contributed by atoms with Gasteiger partial charge in [-0.25, -0.2) is 8.42 Å². The first-order chi connectivity index (χ1) is 14.5. The van der Waals surface area contributed by atoms with Gasteiger partial charge in [0.25, 0.3) is 0 Å². The topological polar surface area (TPSA) is 110 Å². The quantitative estimate of drug-likeness (QED) is 0.534. The summed E-state index contributed by atoms with van der Waals surface area (Å²) in [5.41, 5.74) is 6.30. The predicted octanol–water partition coefficient (Wildman–Crippen LogP) is 3.01. The Labute approximate surface area is 178 Å². The lowest BCUT2D eigenvalue weighted by Gasteiger charge is -2.30. The van der Waals surface area contributed by atoms with Crippen LogP contribution < -0.4 is 10.5 Å². The van der Waals surface area contributed by atoms with Crippen LogP contribution in [0.4, 0.5) is 13.2 Å². The molecule has 0 fully saturated rings. The van der Waals surface area contributed by atoms with E-state index >= 15 is 0 Å². The smallest absolute Gasteiger partial charge is 0.480 e. The number of alkyl halides is 3. The second-order valence-corrected chi connectivity index (χ2v) is 8.57. The third kappa shape index (κ3) is 7.23. The van der Waals surface area contributed by atoms with Crippen molar-refractivity contribution in [2.75, 3.05) is 13.1 Å². The molecule has 0 radical (unpaired) electrons. The van der Waals surface area contributed by atoms with Gasteiger partial charge in [0, 0.05) is 6.04 Å². The average Bonchev–Trinajstić information content (AvgIpc) is 2.69. The van der Waals surface area contributed by atoms with Crippen molar-refractivity contribution >= 4 is 16.0 Å². The number of benzene rings is 2. The molecule has 0 saturated carbocycles. The summed E-state index contributed by atoms with van der Waals surface area (Å²) in [5, 5.41) is 9.35. The standard InChI is InChI=1S/C20H23F3N2O5S/c21-20(22,23)30-17-10-4-5-11-18(17)31(28,29)25(14-19(26)27)16(9-6-12-24)13-15-7-2-1-3-8-15/h1-5,7-8,10-11,16H,6,9,12-14,24H2,(H,26,27). The predicted molar refractivity (Wildman–Crippen MR) is 107 cm³/mol. The van der Waals surface area contributed by atoms with E-state index in [1.165, 1.54) is 12.1 Å². The van der Waals surface area contributed by atoms with Crippen LogP contribution in [-0.4, -0.2) is 49.3 Å². The van der Waals surface area contributed by atoms with Crippen LogP contribution in [0.15, 0.2) is 59.5 Å². The number of hydrogen-bond acceptors (Lipinski definition) is 5. The number of carboxylic acid groups (broad SMARTS) is 1. The number of carbonyl (C=O) groups is 1. The van der Waals surface area contributed by atoms with E-state index in [2.05, 4.69) is 4.74 Å². The Morgan fingerprint density at radius 2 is 1.71 bits per heavy atom. The Kier molecular flexibility index (Phi) is 8.43. The van der Waals surface area contributed by atoms with Gasteiger partial charge < -0.3 is 15.6 Å². The lowest BCUT2D eigenvalue weighted by atomic mass is 10.0. The van der Waals surface area contributed by atoms with E-state index in [-0.39, 0.29) is 19.4 Å². The van der Waals surface area contributed by atoms with Gasteiger partial charge in [-0.05, 0) is 43.5 Å². The summed E-state index contributed by atoms with van der Waals surface area (Å²) in [6.07, 6.45) is -4.34. The summed E-state index contributed by atoms with van der Waals surface area (Å²) in [5.74, 6) is -2.37. The number of nitrogens with zero attached hydrogens (tertiary/aromatic N) is 1. The zero-order valence-corrected chi connectivity index (χ0v) is 17.3. The van der Waals surface area contributed by atoms with Gasteiger partial charge in [0.05, 0.1) is 0 Å². The Hall–Kier alpha value is -2.63. The maximum absolute atomic E-state index is 13.4. The monoisotopic (exact) mass is 460 g/mol. The summed E-state index contributed by atoms with van der Waals surface area (Å²) >= 11 is 0. The van der Waals surface area contributed by atoms with Crippen LogP contribution in [0.1, 0.15) is 18.4 Å². The van der Waals surface area contributed by atoms with Gasteiger partial charge in [-0.15, -0.1) is 13.2 Å². The van der Waals surface area contributed by atoms with E-state index in [1.807, 2.05) is 0 Å². The third-order valence-corrected chi connectivity index (χ3v) is 6.35. The van der Waals surface area contributed by atoms with Crippen molar-refractivity contribution in [1.82, 2.24) is 4.31 Å². The molecule has 170 valence electrons. The van der Waals surface area contributed by atoms with E-state index in [0.717, 1.165) is 17.7 Å². The van der Waals surface area contributed by atoms with Crippen molar-refractivity contribution in [3.05, 3.63) is 60.2 Å². The lowest BCUT2D eigenvalue weighted by molar-refractivity contribution is -0.275. The minimum absolute atomic E-state index is 0.162. The van der Waals surface area contributed by atoms with E-state index in [4.69, 9.17) is 5.73 Å². The van der Waals surface area contributed by atoms with Gasteiger partial charge in [-0.2, -0.15) is 4.31 Å². The highest BCUT2D eigenvalue weighted by molar-refractivity contribution is 7.89. The molecular weight excluding hydrogens is 437 g/mol. The fraction of sp³-hybridized carbons (Fsp3) is 0.350. The molecule has 0 saturated heterocycles. The molecule has 11 heteroatoms. The summed E-state index contributed by atoms with van der Waals surface area (Å²) in [7, 11) is -4.66. The molecule has 2 aromatic carbocycles. The maximum atomic E-state index is 13.4. The van der Waals surface area contributed by atoms with Crippen molar-refractivity contribution in [2.45, 2.75) is 36.6 Å². The van der Waals surface area contributed by atoms with Gasteiger partial charge in [0.1, 0.15) is 17.2 Å². The molecule has 0 heterocycles. The van der Waals surface area contributed by atoms with Gasteiger partial charge in [0.15, 0.2) is 0 Å². The molecule has 0 aliphatic rings. The van der Waals surface area contributed by atoms with Crippen LogP contribution in [0.5, 0.6) is 5.75 Å². The number of sulfonamides is 1. The van der Waals surface area contributed by atoms with Gasteiger partial charge >= 0.3 is 12.3 Å². The van der Waals surface area contributed by atoms with Crippen molar-refractivity contribution in [1.29, 1.82) is 0 Å². The minimum atomic E-state index is -5.12. The van der Waals surface area contributed by atoms with Crippen molar-refractivity contribution in [3.63, 3.8) is 0 Å². The summed E-state index contributed by atoms with van der Waals surface area (Å²) in [4.78, 5) is 10.7. The van der Waals surface area contributed by atoms with Crippen molar-refractivity contribution in [3.8, 4) is 5.75 Å². The molecule has 1 atom stereocenters. The number of rotatable bonds is 11. The number of ether oxygens (including phenoxy) is 1. The van der Waals surface area contributed by atoms with Crippen LogP contribution >= 0.6 is 0 Å². The number of para-hydroxylation sites is 1. The van der Waals surface area contributed by atoms with Crippen LogP contribution in [-0.2, 0) is 21.2 Å². The number of nitrogens with two attached hydrogens (primary N) is 1. The number of carboxylic acids is 1. The van der Waals surface area contributed by atoms with Crippen LogP contribution in [0.25, 0.3) is 0 Å². The number of halogens is 3. The first-order valence-corrected chi connectivity index (χ1v) is 10.8. The highest BCUT2D eigenvalue weighted by Crippen LogP contribution is 2.33. The fourth-order valence-electron chi connectivity index (χ4n) is 3.13. The largest absolute Gasteiger partial charge is 0.573 e. The molecule has 3 N–H and O–H groups in total. The summed E-state index contributed by atoms with van der Waals surface area (Å²) < 4.78 is 69.7. The second-order valence-electron chi connectivity index (χ2n) is 6.71. The van der Waals surface area contributed by atoms with Gasteiger partial charge in [0.2, 0.25) is 10.0 Å². The molecule has 7 nitrogen and oxygen atoms in total. The summed E-state index contributed by atoms with van der Waals surface area (Å²) in [6.45, 7) is -0.690. The Morgan fingerprint density at radius 3 is 2.29 bits per heavy atom. The first-order valence-electron chi connectivity index (χ1n) is 9.37. The molecule has 2 rings (SSSR count). The van der Waals surface area contributed by atoms with E-state index in [0.29, 0.717) is 10.7 Å². The fourth-order valence-corrected chi connectivity index (χ4v) is 4.85. The Bertz CT molecular complexity index is 968. The number of aliphatic carboxylic acids is 1. The van der Waals surface area contributed by atoms with Crippen LogP contribution in [0.2, 0.25) is 0 Å². The van der Waals surface area contributed by atoms with Gasteiger partial charge in [-0.3, -0.25) is 4.79 Å². The second kappa shape index (κ2) is 10.6. The third-order valence-electron chi connectivity index (χ3n) is 4.42. The highest BCUT2D eigenvalue weighted by Gasteiger charge is 2.38. The molecule has 0 spiro atoms. The zero-order valence-electron chi connectivity index (χ0n) is 16.5. The highest BCUT2D eigenvalue weighted by atomic mass is 32.2. The Balaban J connectivity index is 2.52. The molecule has 0 amide bonds. The zero-order chi connectivity index (χ0) is 23.1. The SMILES string of the molecule is NCCCC(Cc1ccccc1)N(CC(=O)O)S(=O)(=O)c1ccccc1OC(F)(F)F. The molecule has 31 heavy (non-hydrogen) atoms. The molecule has 1 unspecified atom stereocenters. The number of hydrogen-bond donors (Lipinski definition) is 2. The normalized spacial score (nSPS) is 13.2. The summed E-state index contributed by atoms with van der Waals surface area (Å²) in [6, 6.07) is 12.2. The molecule has 0 aliphatic heterocycles. The van der Waals surface area contributed by atoms with Crippen molar-refractivity contribution < 1.29 is 36.2 Å². The van der Waals surface area contributed by atoms with Crippen molar-refractivity contribution in [2.24, 2.45) is 5.73 Å². The van der Waals surface area contributed by atoms with E-state index in [9.17, 15) is 31.5 Å². The van der Waals surface area contributed by atoms with Gasteiger partial charge in [-0.1, -0.05) is 42.5 Å². The molecule has 0 aromatic heterocycles. The lowest BCUT2D eigenvalue weighted by Crippen LogP contribution is -2.45. The molecule has 0 aliphatic carbocycles. The first kappa shape index (κ1) is 24.6. The molecule has 2 aromatic rings. The molecular formula is C20H23F3N2O5S. The molecule has 0 bridgehead atoms. The maximum Gasteiger partial charge on any atom is 0.573 e.